The normalized spacial score (nSPS) is 22.6. The van der Waals surface area contributed by atoms with Crippen LogP contribution in [0, 0.1) is 5.92 Å². The molecule has 260 valence electrons. The molecule has 3 saturated heterocycles. The van der Waals surface area contributed by atoms with E-state index in [-0.39, 0.29) is 29.5 Å². The Kier molecular flexibility index (Phi) is 9.12. The molecule has 3 atom stereocenters. The molecule has 49 heavy (non-hydrogen) atoms. The molecule has 7 N–H and O–H groups in total. The summed E-state index contributed by atoms with van der Waals surface area (Å²) >= 11 is 7.72. The number of urea groups is 1. The third kappa shape index (κ3) is 6.15. The highest BCUT2D eigenvalue weighted by Gasteiger charge is 2.66. The minimum absolute atomic E-state index is 0.0240. The summed E-state index contributed by atoms with van der Waals surface area (Å²) < 4.78 is 0. The minimum Gasteiger partial charge on any atom is -0.504 e. The van der Waals surface area contributed by atoms with E-state index in [0.29, 0.717) is 5.01 Å². The molecule has 0 spiro atoms. The predicted molar refractivity (Wildman–Crippen MR) is 170 cm³/mol. The molecule has 3 amide bonds. The van der Waals surface area contributed by atoms with Gasteiger partial charge in [-0.05, 0) is 26.0 Å². The molecule has 0 saturated carbocycles. The van der Waals surface area contributed by atoms with Crippen LogP contribution in [0.25, 0.3) is 0 Å². The SMILES string of the molecule is CC(C)(O/N=C(\C(=O)C[C@@H]1C(=O)N2C[C@@](C(=O)O)(N3CCN(/N=C(\C(=O)O)c4ccc(O)c(O)c4Cl)C3=O)S[C@H]12)c1csc(N)n1)C(=O)O. The molecule has 0 aliphatic carbocycles. The van der Waals surface area contributed by atoms with E-state index < -0.39 is 98.3 Å². The summed E-state index contributed by atoms with van der Waals surface area (Å²) in [7, 11) is 0. The number of rotatable bonds is 12. The standard InChI is InChI=1S/C27H26ClN7O12S2/c1-26(2,22(42)43)47-32-17(12-8-48-24(29)30-12)14(37)7-11-19(39)33-9-27(23(44)45,49-20(11)33)34-5-6-35(25(34)46)31-16(21(40)41)10-3-4-13(36)18(38)15(10)28/h3-4,8,11,20,36,38H,5-7,9H2,1-2H3,(H2,29,30)(H,40,41)(H,42,43)(H,44,45)/b31-16-,32-17-/t11-,20-,27-/m1/s1. The lowest BCUT2D eigenvalue weighted by Gasteiger charge is -2.40. The Hall–Kier alpha value is -5.15. The van der Waals surface area contributed by atoms with Crippen LogP contribution in [0.1, 0.15) is 31.5 Å². The molecule has 22 heteroatoms. The number of amides is 3. The maximum absolute atomic E-state index is 13.5. The van der Waals surface area contributed by atoms with Crippen LogP contribution < -0.4 is 5.73 Å². The number of benzene rings is 1. The summed E-state index contributed by atoms with van der Waals surface area (Å²) in [5.74, 6) is -8.38. The summed E-state index contributed by atoms with van der Waals surface area (Å²) in [6.07, 6.45) is -0.498. The maximum atomic E-state index is 13.5. The fourth-order valence-electron chi connectivity index (χ4n) is 5.10. The average Bonchev–Trinajstić information content (AvgIpc) is 3.73. The lowest BCUT2D eigenvalue weighted by molar-refractivity contribution is -0.161. The number of hydrogen-bond donors (Lipinski definition) is 6. The molecule has 0 unspecified atom stereocenters. The first-order chi connectivity index (χ1) is 22.9. The number of thioether (sulfide) groups is 1. The number of carboxylic acids is 3. The van der Waals surface area contributed by atoms with Crippen LogP contribution in [-0.2, 0) is 28.8 Å². The van der Waals surface area contributed by atoms with Crippen molar-refractivity contribution in [2.24, 2.45) is 16.2 Å². The zero-order chi connectivity index (χ0) is 36.2. The molecule has 3 fully saturated rings. The summed E-state index contributed by atoms with van der Waals surface area (Å²) in [4.78, 5) is 85.7. The smallest absolute Gasteiger partial charge is 0.357 e. The van der Waals surface area contributed by atoms with Crippen LogP contribution >= 0.6 is 34.7 Å². The number of halogens is 1. The van der Waals surface area contributed by atoms with Crippen molar-refractivity contribution in [3.63, 3.8) is 0 Å². The second-order valence-electron chi connectivity index (χ2n) is 11.3. The van der Waals surface area contributed by atoms with Crippen molar-refractivity contribution >= 4 is 86.9 Å². The van der Waals surface area contributed by atoms with Gasteiger partial charge in [0, 0.05) is 23.9 Å². The molecule has 3 aliphatic rings. The van der Waals surface area contributed by atoms with Gasteiger partial charge in [0.25, 0.3) is 0 Å². The van der Waals surface area contributed by atoms with E-state index in [4.69, 9.17) is 22.2 Å². The summed E-state index contributed by atoms with van der Waals surface area (Å²) in [5, 5.41) is 57.5. The molecule has 2 aromatic rings. The molecule has 0 bridgehead atoms. The van der Waals surface area contributed by atoms with E-state index in [9.17, 15) is 54.3 Å². The van der Waals surface area contributed by atoms with Crippen molar-refractivity contribution in [2.75, 3.05) is 25.4 Å². The number of carbonyl (C=O) groups excluding carboxylic acids is 3. The van der Waals surface area contributed by atoms with E-state index >= 15 is 0 Å². The number of hydrazone groups is 1. The maximum Gasteiger partial charge on any atom is 0.357 e. The molecule has 5 rings (SSSR count). The Morgan fingerprint density at radius 1 is 1.14 bits per heavy atom. The molecule has 1 aromatic heterocycles. The van der Waals surface area contributed by atoms with Crippen LogP contribution in [0.3, 0.4) is 0 Å². The van der Waals surface area contributed by atoms with Gasteiger partial charge in [-0.1, -0.05) is 28.5 Å². The topological polar surface area (TPSA) is 286 Å². The first-order valence-electron chi connectivity index (χ1n) is 14.0. The minimum atomic E-state index is -2.05. The van der Waals surface area contributed by atoms with Gasteiger partial charge in [-0.15, -0.1) is 11.3 Å². The number of β-lactam (4-membered cyclic amide) rings is 1. The van der Waals surface area contributed by atoms with Crippen LogP contribution in [0.4, 0.5) is 9.93 Å². The first-order valence-corrected chi connectivity index (χ1v) is 16.1. The third-order valence-electron chi connectivity index (χ3n) is 7.80. The highest BCUT2D eigenvalue weighted by Crippen LogP contribution is 2.53. The Labute approximate surface area is 288 Å². The van der Waals surface area contributed by atoms with Gasteiger partial charge in [0.05, 0.1) is 29.4 Å². The van der Waals surface area contributed by atoms with Crippen molar-refractivity contribution in [2.45, 2.75) is 36.1 Å². The first kappa shape index (κ1) is 35.2. The third-order valence-corrected chi connectivity index (χ3v) is 10.6. The summed E-state index contributed by atoms with van der Waals surface area (Å²) in [5.41, 5.74) is 2.32. The monoisotopic (exact) mass is 739 g/mol. The molecule has 3 aliphatic heterocycles. The van der Waals surface area contributed by atoms with Gasteiger partial charge in [-0.25, -0.2) is 29.2 Å². The number of phenolic OH excluding ortho intramolecular Hbond substituents is 2. The number of hydrogen-bond acceptors (Lipinski definition) is 15. The number of nitrogens with zero attached hydrogens (tertiary/aromatic N) is 6. The quantitative estimate of drug-likeness (QED) is 0.0762. The summed E-state index contributed by atoms with van der Waals surface area (Å²) in [6, 6.07) is 1.02. The molecular weight excluding hydrogens is 714 g/mol. The number of thiazole rings is 1. The van der Waals surface area contributed by atoms with Crippen LogP contribution in [0.5, 0.6) is 11.5 Å². The number of aromatic hydroxyl groups is 2. The van der Waals surface area contributed by atoms with Crippen molar-refractivity contribution in [1.82, 2.24) is 19.8 Å². The van der Waals surface area contributed by atoms with Crippen LogP contribution in [-0.4, -0.2) is 128 Å². The second-order valence-corrected chi connectivity index (χ2v) is 14.0. The molecule has 0 radical (unpaired) electrons. The molecule has 4 heterocycles. The number of oxime groups is 1. The lowest BCUT2D eigenvalue weighted by Crippen LogP contribution is -2.59. The number of nitrogens with two attached hydrogens (primary N) is 1. The number of aliphatic carboxylic acids is 3. The highest BCUT2D eigenvalue weighted by atomic mass is 35.5. The van der Waals surface area contributed by atoms with Crippen molar-refractivity contribution in [3.05, 3.63) is 33.8 Å². The van der Waals surface area contributed by atoms with Crippen LogP contribution in [0.15, 0.2) is 27.8 Å². The lowest BCUT2D eigenvalue weighted by atomic mass is 9.90. The number of anilines is 1. The number of phenols is 2. The van der Waals surface area contributed by atoms with Gasteiger partial charge in [-0.3, -0.25) is 14.5 Å². The fraction of sp³-hybridized carbons (Fsp3) is 0.370. The molecule has 1 aromatic carbocycles. The predicted octanol–water partition coefficient (Wildman–Crippen LogP) is 0.872. The fourth-order valence-corrected chi connectivity index (χ4v) is 7.59. The average molecular weight is 740 g/mol. The van der Waals surface area contributed by atoms with Gasteiger partial charge >= 0.3 is 23.9 Å². The van der Waals surface area contributed by atoms with Crippen molar-refractivity contribution in [3.8, 4) is 11.5 Å². The number of nitrogen functional groups attached to an aromatic ring is 1. The Balaban J connectivity index is 1.37. The Morgan fingerprint density at radius 3 is 2.43 bits per heavy atom. The zero-order valence-electron chi connectivity index (χ0n) is 25.3. The van der Waals surface area contributed by atoms with Gasteiger partial charge < -0.3 is 41.0 Å². The van der Waals surface area contributed by atoms with E-state index in [1.807, 2.05) is 0 Å². The number of carboxylic acid groups (broad SMARTS) is 3. The van der Waals surface area contributed by atoms with Gasteiger partial charge in [-0.2, -0.15) is 5.10 Å². The molecule has 19 nitrogen and oxygen atoms in total. The number of carbonyl (C=O) groups is 6. The Bertz CT molecular complexity index is 1870. The largest absolute Gasteiger partial charge is 0.504 e. The number of fused-ring (bicyclic) bond motifs is 1. The number of ketones is 1. The highest BCUT2D eigenvalue weighted by molar-refractivity contribution is 8.02. The number of Topliss-reactive ketones (excluding diaryl/α,β-unsaturated/α-hetero) is 1. The van der Waals surface area contributed by atoms with Gasteiger partial charge in [0.1, 0.15) is 5.69 Å². The van der Waals surface area contributed by atoms with E-state index in [1.165, 1.54) is 24.1 Å². The number of aromatic nitrogens is 1. The Morgan fingerprint density at radius 2 is 1.84 bits per heavy atom. The zero-order valence-corrected chi connectivity index (χ0v) is 27.7. The van der Waals surface area contributed by atoms with Crippen molar-refractivity contribution < 1.29 is 59.1 Å². The second kappa shape index (κ2) is 12.7. The van der Waals surface area contributed by atoms with Crippen molar-refractivity contribution in [1.29, 1.82) is 0 Å². The van der Waals surface area contributed by atoms with Gasteiger partial charge in [0.15, 0.2) is 33.8 Å². The van der Waals surface area contributed by atoms with E-state index in [1.54, 1.807) is 0 Å². The van der Waals surface area contributed by atoms with E-state index in [0.717, 1.165) is 40.1 Å². The molecular formula is C27H26ClN7O12S2. The van der Waals surface area contributed by atoms with Crippen LogP contribution in [0.2, 0.25) is 5.02 Å². The van der Waals surface area contributed by atoms with Gasteiger partial charge in [0.2, 0.25) is 16.4 Å². The van der Waals surface area contributed by atoms with E-state index in [2.05, 4.69) is 15.2 Å². The summed E-state index contributed by atoms with van der Waals surface area (Å²) in [6.45, 7) is 1.42.